The number of rotatable bonds is 9. The smallest absolute Gasteiger partial charge is 0.162 e. The molecule has 0 aromatic carbocycles. The number of nitrogens with zero attached hydrogens (tertiary/aromatic N) is 2. The Morgan fingerprint density at radius 2 is 2.33 bits per heavy atom. The lowest BCUT2D eigenvalue weighted by atomic mass is 9.98. The summed E-state index contributed by atoms with van der Waals surface area (Å²) in [6.07, 6.45) is 2.55. The summed E-state index contributed by atoms with van der Waals surface area (Å²) in [6, 6.07) is 1.99. The number of aromatic nitrogens is 1. The molecule has 1 fully saturated rings. The highest BCUT2D eigenvalue weighted by atomic mass is 16.5. The second-order valence-corrected chi connectivity index (χ2v) is 5.66. The molecule has 120 valence electrons. The molecule has 0 aliphatic carbocycles. The van der Waals surface area contributed by atoms with Crippen LogP contribution >= 0.6 is 0 Å². The Bertz CT molecular complexity index is 397. The molecule has 0 spiro atoms. The van der Waals surface area contributed by atoms with Gasteiger partial charge in [0.05, 0.1) is 12.3 Å². The van der Waals surface area contributed by atoms with Crippen molar-refractivity contribution in [2.75, 3.05) is 47.0 Å². The Kier molecular flexibility index (Phi) is 7.15. The fraction of sp³-hybridized carbons (Fsp3) is 0.800. The van der Waals surface area contributed by atoms with Gasteiger partial charge in [0.1, 0.15) is 6.61 Å². The van der Waals surface area contributed by atoms with E-state index < -0.39 is 0 Å². The minimum Gasteiger partial charge on any atom is -0.383 e. The Labute approximate surface area is 126 Å². The van der Waals surface area contributed by atoms with Crippen molar-refractivity contribution in [3.63, 3.8) is 0 Å². The summed E-state index contributed by atoms with van der Waals surface area (Å²) in [6.45, 7) is 6.37. The molecular weight excluding hydrogens is 270 g/mol. The molecule has 21 heavy (non-hydrogen) atoms. The molecule has 1 saturated heterocycles. The van der Waals surface area contributed by atoms with Crippen LogP contribution in [0, 0.1) is 5.92 Å². The predicted octanol–water partition coefficient (Wildman–Crippen LogP) is 1.27. The van der Waals surface area contributed by atoms with Gasteiger partial charge in [-0.25, -0.2) is 0 Å². The summed E-state index contributed by atoms with van der Waals surface area (Å²) < 4.78 is 15.3. The summed E-state index contributed by atoms with van der Waals surface area (Å²) in [7, 11) is 3.40. The zero-order chi connectivity index (χ0) is 14.9. The number of hydrogen-bond donors (Lipinski definition) is 1. The third-order valence-electron chi connectivity index (χ3n) is 3.80. The van der Waals surface area contributed by atoms with E-state index in [1.54, 1.807) is 14.2 Å². The third-order valence-corrected chi connectivity index (χ3v) is 3.80. The van der Waals surface area contributed by atoms with Gasteiger partial charge in [0, 0.05) is 39.9 Å². The summed E-state index contributed by atoms with van der Waals surface area (Å²) >= 11 is 0. The molecule has 0 saturated carbocycles. The second kappa shape index (κ2) is 9.15. The molecule has 6 nitrogen and oxygen atoms in total. The molecule has 2 heterocycles. The van der Waals surface area contributed by atoms with E-state index in [0.29, 0.717) is 12.5 Å². The summed E-state index contributed by atoms with van der Waals surface area (Å²) in [5.74, 6) is 1.50. The summed E-state index contributed by atoms with van der Waals surface area (Å²) in [5, 5.41) is 7.57. The molecule has 1 N–H and O–H groups in total. The first-order valence-electron chi connectivity index (χ1n) is 7.67. The topological polar surface area (TPSA) is 59.8 Å². The van der Waals surface area contributed by atoms with Crippen LogP contribution in [0.2, 0.25) is 0 Å². The van der Waals surface area contributed by atoms with Crippen molar-refractivity contribution in [3.05, 3.63) is 17.5 Å². The zero-order valence-electron chi connectivity index (χ0n) is 13.1. The highest BCUT2D eigenvalue weighted by Gasteiger charge is 2.20. The predicted molar refractivity (Wildman–Crippen MR) is 80.0 cm³/mol. The standard InChI is InChI=1S/C15H27N3O3/c1-19-7-5-16-9-13-4-3-6-18(10-13)11-14-8-15(12-20-2)21-17-14/h8,13,16H,3-7,9-12H2,1-2H3. The monoisotopic (exact) mass is 297 g/mol. The third kappa shape index (κ3) is 5.74. The lowest BCUT2D eigenvalue weighted by Gasteiger charge is -2.32. The average molecular weight is 297 g/mol. The first-order chi connectivity index (χ1) is 10.3. The van der Waals surface area contributed by atoms with Crippen LogP contribution in [0.4, 0.5) is 0 Å². The average Bonchev–Trinajstić information content (AvgIpc) is 2.92. The van der Waals surface area contributed by atoms with E-state index in [1.165, 1.54) is 12.8 Å². The summed E-state index contributed by atoms with van der Waals surface area (Å²) in [4.78, 5) is 2.46. The van der Waals surface area contributed by atoms with Crippen molar-refractivity contribution < 1.29 is 14.0 Å². The van der Waals surface area contributed by atoms with Crippen LogP contribution in [0.1, 0.15) is 24.3 Å². The molecule has 1 aliphatic heterocycles. The van der Waals surface area contributed by atoms with Crippen molar-refractivity contribution in [2.45, 2.75) is 26.0 Å². The fourth-order valence-corrected chi connectivity index (χ4v) is 2.81. The minimum absolute atomic E-state index is 0.485. The molecule has 1 aromatic rings. The van der Waals surface area contributed by atoms with Gasteiger partial charge in [-0.05, 0) is 31.8 Å². The Balaban J connectivity index is 1.72. The number of nitrogens with one attached hydrogen (secondary N) is 1. The Morgan fingerprint density at radius 1 is 1.43 bits per heavy atom. The second-order valence-electron chi connectivity index (χ2n) is 5.66. The van der Waals surface area contributed by atoms with E-state index in [-0.39, 0.29) is 0 Å². The van der Waals surface area contributed by atoms with Crippen molar-refractivity contribution in [1.82, 2.24) is 15.4 Å². The SMILES string of the molecule is COCCNCC1CCCN(Cc2cc(COC)on2)C1. The van der Waals surface area contributed by atoms with Crippen LogP contribution in [0.25, 0.3) is 0 Å². The largest absolute Gasteiger partial charge is 0.383 e. The maximum Gasteiger partial charge on any atom is 0.162 e. The molecule has 1 atom stereocenters. The van der Waals surface area contributed by atoms with Gasteiger partial charge < -0.3 is 19.3 Å². The normalized spacial score (nSPS) is 20.0. The lowest BCUT2D eigenvalue weighted by Crippen LogP contribution is -2.39. The van der Waals surface area contributed by atoms with Crippen LogP contribution in [0.5, 0.6) is 0 Å². The van der Waals surface area contributed by atoms with Crippen molar-refractivity contribution in [1.29, 1.82) is 0 Å². The molecule has 1 unspecified atom stereocenters. The maximum absolute atomic E-state index is 5.24. The molecule has 6 heteroatoms. The molecule has 2 rings (SSSR count). The number of piperidine rings is 1. The first-order valence-corrected chi connectivity index (χ1v) is 7.67. The van der Waals surface area contributed by atoms with Gasteiger partial charge in [-0.2, -0.15) is 0 Å². The minimum atomic E-state index is 0.485. The van der Waals surface area contributed by atoms with E-state index in [2.05, 4.69) is 15.4 Å². The van der Waals surface area contributed by atoms with Crippen molar-refractivity contribution in [2.24, 2.45) is 5.92 Å². The molecule has 0 radical (unpaired) electrons. The summed E-state index contributed by atoms with van der Waals surface area (Å²) in [5.41, 5.74) is 0.995. The number of ether oxygens (including phenoxy) is 2. The van der Waals surface area contributed by atoms with Crippen LogP contribution in [0.15, 0.2) is 10.6 Å². The molecule has 0 bridgehead atoms. The van der Waals surface area contributed by atoms with Gasteiger partial charge >= 0.3 is 0 Å². The van der Waals surface area contributed by atoms with Gasteiger partial charge in [-0.1, -0.05) is 5.16 Å². The van der Waals surface area contributed by atoms with Gasteiger partial charge in [0.2, 0.25) is 0 Å². The maximum atomic E-state index is 5.24. The highest BCUT2D eigenvalue weighted by Crippen LogP contribution is 2.18. The van der Waals surface area contributed by atoms with Crippen molar-refractivity contribution in [3.8, 4) is 0 Å². The number of likely N-dealkylation sites (tertiary alicyclic amines) is 1. The highest BCUT2D eigenvalue weighted by molar-refractivity contribution is 5.04. The van der Waals surface area contributed by atoms with Gasteiger partial charge in [0.15, 0.2) is 5.76 Å². The van der Waals surface area contributed by atoms with E-state index in [0.717, 1.165) is 50.8 Å². The molecule has 0 amide bonds. The van der Waals surface area contributed by atoms with Crippen LogP contribution in [-0.2, 0) is 22.6 Å². The van der Waals surface area contributed by atoms with E-state index in [9.17, 15) is 0 Å². The number of hydrogen-bond acceptors (Lipinski definition) is 6. The van der Waals surface area contributed by atoms with Crippen LogP contribution < -0.4 is 5.32 Å². The number of methoxy groups -OCH3 is 2. The zero-order valence-corrected chi connectivity index (χ0v) is 13.1. The van der Waals surface area contributed by atoms with Gasteiger partial charge in [-0.3, -0.25) is 4.90 Å². The van der Waals surface area contributed by atoms with E-state index in [4.69, 9.17) is 14.0 Å². The lowest BCUT2D eigenvalue weighted by molar-refractivity contribution is 0.151. The van der Waals surface area contributed by atoms with Gasteiger partial charge in [-0.15, -0.1) is 0 Å². The van der Waals surface area contributed by atoms with E-state index in [1.807, 2.05) is 6.07 Å². The quantitative estimate of drug-likeness (QED) is 0.693. The van der Waals surface area contributed by atoms with Crippen LogP contribution in [0.3, 0.4) is 0 Å². The molecule has 1 aliphatic rings. The first kappa shape index (κ1) is 16.4. The molecular formula is C15H27N3O3. The van der Waals surface area contributed by atoms with Crippen molar-refractivity contribution >= 4 is 0 Å². The van der Waals surface area contributed by atoms with Crippen LogP contribution in [-0.4, -0.2) is 57.1 Å². The molecule has 1 aromatic heterocycles. The Hall–Kier alpha value is -0.950. The fourth-order valence-electron chi connectivity index (χ4n) is 2.81. The Morgan fingerprint density at radius 3 is 3.14 bits per heavy atom. The van der Waals surface area contributed by atoms with Gasteiger partial charge in [0.25, 0.3) is 0 Å². The van der Waals surface area contributed by atoms with E-state index >= 15 is 0 Å².